The molecule has 1 saturated carbocycles. The fraction of sp³-hybridized carbons (Fsp3) is 0.706. The molecular weight excluding hydrogens is 290 g/mol. The normalized spacial score (nSPS) is 23.8. The lowest BCUT2D eigenvalue weighted by Gasteiger charge is -2.33. The van der Waals surface area contributed by atoms with Gasteiger partial charge in [0.1, 0.15) is 11.2 Å². The number of nitrogens with one attached hydrogen (secondary N) is 1. The van der Waals surface area contributed by atoms with E-state index in [0.29, 0.717) is 17.1 Å². The molecule has 6 heteroatoms. The van der Waals surface area contributed by atoms with E-state index in [9.17, 15) is 4.79 Å². The molecule has 1 atom stereocenters. The van der Waals surface area contributed by atoms with Crippen LogP contribution in [0.15, 0.2) is 11.0 Å². The average Bonchev–Trinajstić information content (AvgIpc) is 3.16. The van der Waals surface area contributed by atoms with Gasteiger partial charge in [0.2, 0.25) is 0 Å². The van der Waals surface area contributed by atoms with Crippen molar-refractivity contribution in [3.63, 3.8) is 0 Å². The van der Waals surface area contributed by atoms with Crippen molar-refractivity contribution in [3.8, 4) is 0 Å². The maximum Gasteiger partial charge on any atom is 0.262 e. The molecule has 0 spiro atoms. The lowest BCUT2D eigenvalue weighted by molar-refractivity contribution is 0.148. The van der Waals surface area contributed by atoms with Crippen molar-refractivity contribution < 1.29 is 0 Å². The zero-order valence-electron chi connectivity index (χ0n) is 13.8. The highest BCUT2D eigenvalue weighted by molar-refractivity contribution is 5.72. The molecule has 1 N–H and O–H groups in total. The minimum absolute atomic E-state index is 0.0773. The van der Waals surface area contributed by atoms with Crippen molar-refractivity contribution in [1.29, 1.82) is 0 Å². The van der Waals surface area contributed by atoms with E-state index in [0.717, 1.165) is 24.8 Å². The molecule has 1 aliphatic carbocycles. The van der Waals surface area contributed by atoms with Crippen LogP contribution in [0.25, 0.3) is 11.0 Å². The summed E-state index contributed by atoms with van der Waals surface area (Å²) in [4.78, 5) is 22.3. The van der Waals surface area contributed by atoms with Crippen LogP contribution in [0.2, 0.25) is 0 Å². The molecule has 1 unspecified atom stereocenters. The molecule has 2 aromatic heterocycles. The number of H-pyrrole nitrogens is 1. The Kier molecular flexibility index (Phi) is 3.93. The molecular formula is C17H25N5O. The predicted molar refractivity (Wildman–Crippen MR) is 89.1 cm³/mol. The van der Waals surface area contributed by atoms with Gasteiger partial charge in [0, 0.05) is 13.1 Å². The molecule has 0 amide bonds. The first-order chi connectivity index (χ1) is 11.2. The number of rotatable bonds is 3. The summed E-state index contributed by atoms with van der Waals surface area (Å²) in [6, 6.07) is 0.669. The van der Waals surface area contributed by atoms with Crippen LogP contribution < -0.4 is 5.56 Å². The summed E-state index contributed by atoms with van der Waals surface area (Å²) in [5.41, 5.74) is 0.601. The van der Waals surface area contributed by atoms with Crippen LogP contribution in [-0.2, 0) is 13.6 Å². The van der Waals surface area contributed by atoms with Crippen molar-refractivity contribution >= 4 is 11.0 Å². The minimum Gasteiger partial charge on any atom is -0.309 e. The Morgan fingerprint density at radius 3 is 2.87 bits per heavy atom. The Labute approximate surface area is 135 Å². The van der Waals surface area contributed by atoms with Gasteiger partial charge in [-0.2, -0.15) is 5.10 Å². The van der Waals surface area contributed by atoms with Crippen LogP contribution in [0.5, 0.6) is 0 Å². The van der Waals surface area contributed by atoms with E-state index in [1.807, 2.05) is 7.05 Å². The second kappa shape index (κ2) is 6.07. The summed E-state index contributed by atoms with van der Waals surface area (Å²) in [6.07, 6.45) is 11.0. The molecule has 4 rings (SSSR count). The number of hydrogen-bond donors (Lipinski definition) is 1. The summed E-state index contributed by atoms with van der Waals surface area (Å²) in [7, 11) is 1.83. The van der Waals surface area contributed by atoms with Gasteiger partial charge in [-0.1, -0.05) is 19.3 Å². The molecule has 2 aliphatic rings. The topological polar surface area (TPSA) is 66.8 Å². The summed E-state index contributed by atoms with van der Waals surface area (Å²) in [6.45, 7) is 1.87. The molecule has 6 nitrogen and oxygen atoms in total. The summed E-state index contributed by atoms with van der Waals surface area (Å²) in [5.74, 6) is 1.60. The number of likely N-dealkylation sites (tertiary alicyclic amines) is 1. The molecule has 0 radical (unpaired) electrons. The number of nitrogens with zero attached hydrogens (tertiary/aromatic N) is 4. The van der Waals surface area contributed by atoms with Gasteiger partial charge < -0.3 is 4.98 Å². The van der Waals surface area contributed by atoms with Gasteiger partial charge in [-0.15, -0.1) is 0 Å². The van der Waals surface area contributed by atoms with E-state index < -0.39 is 0 Å². The standard InChI is InChI=1S/C17H25N5O/c1-21-16-13(10-18-21)17(23)20-15(19-16)11-22-9-5-8-14(22)12-6-3-2-4-7-12/h10,12,14H,2-9,11H2,1H3,(H,19,20,23). The van der Waals surface area contributed by atoms with Crippen LogP contribution >= 0.6 is 0 Å². The van der Waals surface area contributed by atoms with Crippen LogP contribution in [-0.4, -0.2) is 37.2 Å². The first-order valence-electron chi connectivity index (χ1n) is 8.87. The molecule has 0 bridgehead atoms. The number of aryl methyl sites for hydroxylation is 1. The van der Waals surface area contributed by atoms with Gasteiger partial charge in [0.25, 0.3) is 5.56 Å². The van der Waals surface area contributed by atoms with Crippen molar-refractivity contribution in [2.45, 2.75) is 57.5 Å². The lowest BCUT2D eigenvalue weighted by atomic mass is 9.83. The van der Waals surface area contributed by atoms with Crippen LogP contribution in [0.4, 0.5) is 0 Å². The quantitative estimate of drug-likeness (QED) is 0.943. The van der Waals surface area contributed by atoms with Gasteiger partial charge in [0.15, 0.2) is 5.65 Å². The number of fused-ring (bicyclic) bond motifs is 1. The van der Waals surface area contributed by atoms with Gasteiger partial charge in [-0.05, 0) is 38.1 Å². The van der Waals surface area contributed by atoms with E-state index in [4.69, 9.17) is 0 Å². The lowest BCUT2D eigenvalue weighted by Crippen LogP contribution is -2.37. The van der Waals surface area contributed by atoms with E-state index in [-0.39, 0.29) is 5.56 Å². The Hall–Kier alpha value is -1.69. The number of aromatic nitrogens is 4. The smallest absolute Gasteiger partial charge is 0.262 e. The third kappa shape index (κ3) is 2.80. The highest BCUT2D eigenvalue weighted by Crippen LogP contribution is 2.34. The van der Waals surface area contributed by atoms with Crippen LogP contribution in [0.1, 0.15) is 50.8 Å². The largest absolute Gasteiger partial charge is 0.309 e. The van der Waals surface area contributed by atoms with Gasteiger partial charge >= 0.3 is 0 Å². The minimum atomic E-state index is -0.0773. The molecule has 1 saturated heterocycles. The van der Waals surface area contributed by atoms with E-state index >= 15 is 0 Å². The fourth-order valence-electron chi connectivity index (χ4n) is 4.45. The van der Waals surface area contributed by atoms with Crippen molar-refractivity contribution in [2.75, 3.05) is 6.54 Å². The van der Waals surface area contributed by atoms with E-state index in [1.165, 1.54) is 44.9 Å². The Morgan fingerprint density at radius 1 is 1.22 bits per heavy atom. The highest BCUT2D eigenvalue weighted by atomic mass is 16.1. The summed E-state index contributed by atoms with van der Waals surface area (Å²) >= 11 is 0. The molecule has 2 fully saturated rings. The zero-order chi connectivity index (χ0) is 15.8. The summed E-state index contributed by atoms with van der Waals surface area (Å²) in [5, 5.41) is 4.71. The maximum absolute atomic E-state index is 12.2. The monoisotopic (exact) mass is 315 g/mol. The third-order valence-corrected chi connectivity index (χ3v) is 5.61. The van der Waals surface area contributed by atoms with E-state index in [2.05, 4.69) is 20.0 Å². The van der Waals surface area contributed by atoms with Crippen LogP contribution in [0.3, 0.4) is 0 Å². The number of hydrogen-bond acceptors (Lipinski definition) is 4. The van der Waals surface area contributed by atoms with Crippen molar-refractivity contribution in [2.24, 2.45) is 13.0 Å². The molecule has 0 aromatic carbocycles. The van der Waals surface area contributed by atoms with Gasteiger partial charge in [0.05, 0.1) is 12.7 Å². The fourth-order valence-corrected chi connectivity index (χ4v) is 4.45. The number of aromatic amines is 1. The first-order valence-corrected chi connectivity index (χ1v) is 8.87. The SMILES string of the molecule is Cn1ncc2c(=O)[nH]c(CN3CCCC3C3CCCCC3)nc21. The van der Waals surface area contributed by atoms with Crippen molar-refractivity contribution in [3.05, 3.63) is 22.4 Å². The molecule has 124 valence electrons. The highest BCUT2D eigenvalue weighted by Gasteiger charge is 2.32. The predicted octanol–water partition coefficient (Wildman–Crippen LogP) is 2.20. The van der Waals surface area contributed by atoms with Crippen LogP contribution in [0, 0.1) is 5.92 Å². The second-order valence-corrected chi connectivity index (χ2v) is 7.10. The first kappa shape index (κ1) is 14.9. The van der Waals surface area contributed by atoms with Crippen molar-refractivity contribution in [1.82, 2.24) is 24.6 Å². The zero-order valence-corrected chi connectivity index (χ0v) is 13.8. The maximum atomic E-state index is 12.2. The summed E-state index contributed by atoms with van der Waals surface area (Å²) < 4.78 is 1.68. The Bertz CT molecular complexity index is 743. The Morgan fingerprint density at radius 2 is 2.04 bits per heavy atom. The third-order valence-electron chi connectivity index (χ3n) is 5.61. The van der Waals surface area contributed by atoms with E-state index in [1.54, 1.807) is 10.9 Å². The molecule has 1 aliphatic heterocycles. The Balaban J connectivity index is 1.56. The molecule has 3 heterocycles. The molecule has 2 aromatic rings. The average molecular weight is 315 g/mol. The van der Waals surface area contributed by atoms with Gasteiger partial charge in [-0.25, -0.2) is 4.98 Å². The molecule has 23 heavy (non-hydrogen) atoms. The van der Waals surface area contributed by atoms with Gasteiger partial charge in [-0.3, -0.25) is 14.4 Å². The second-order valence-electron chi connectivity index (χ2n) is 7.10.